The van der Waals surface area contributed by atoms with E-state index in [1.807, 2.05) is 23.6 Å². The Balaban J connectivity index is 2.02. The molecule has 2 N–H and O–H groups in total. The summed E-state index contributed by atoms with van der Waals surface area (Å²) in [4.78, 5) is 29.4. The summed E-state index contributed by atoms with van der Waals surface area (Å²) in [6.45, 7) is 8.26. The lowest BCUT2D eigenvalue weighted by Gasteiger charge is -2.40. The van der Waals surface area contributed by atoms with Crippen molar-refractivity contribution in [2.24, 2.45) is 17.1 Å². The van der Waals surface area contributed by atoms with E-state index in [2.05, 4.69) is 0 Å². The summed E-state index contributed by atoms with van der Waals surface area (Å²) < 4.78 is 5.31. The molecule has 2 heterocycles. The van der Waals surface area contributed by atoms with Gasteiger partial charge in [0.1, 0.15) is 0 Å². The highest BCUT2D eigenvalue weighted by Gasteiger charge is 2.40. The maximum Gasteiger partial charge on any atom is 0.230 e. The van der Waals surface area contributed by atoms with Crippen molar-refractivity contribution in [3.63, 3.8) is 0 Å². The van der Waals surface area contributed by atoms with Gasteiger partial charge in [0.15, 0.2) is 0 Å². The molecule has 23 heavy (non-hydrogen) atoms. The van der Waals surface area contributed by atoms with Crippen LogP contribution in [0.4, 0.5) is 0 Å². The van der Waals surface area contributed by atoms with Crippen LogP contribution in [0.25, 0.3) is 0 Å². The zero-order valence-corrected chi connectivity index (χ0v) is 14.6. The third-order valence-corrected chi connectivity index (χ3v) is 5.58. The van der Waals surface area contributed by atoms with Gasteiger partial charge in [0.25, 0.3) is 0 Å². The van der Waals surface area contributed by atoms with Gasteiger partial charge in [0, 0.05) is 32.7 Å². The van der Waals surface area contributed by atoms with Gasteiger partial charge in [-0.1, -0.05) is 13.8 Å². The van der Waals surface area contributed by atoms with Gasteiger partial charge in [-0.25, -0.2) is 0 Å². The average molecular weight is 325 g/mol. The number of ether oxygens (including phenoxy) is 1. The topological polar surface area (TPSA) is 75.9 Å². The van der Waals surface area contributed by atoms with Gasteiger partial charge in [-0.2, -0.15) is 0 Å². The highest BCUT2D eigenvalue weighted by Crippen LogP contribution is 2.30. The summed E-state index contributed by atoms with van der Waals surface area (Å²) in [5.41, 5.74) is 5.44. The lowest BCUT2D eigenvalue weighted by molar-refractivity contribution is -0.148. The summed E-state index contributed by atoms with van der Waals surface area (Å²) in [6.07, 6.45) is 3.25. The Hall–Kier alpha value is -1.14. The van der Waals surface area contributed by atoms with E-state index in [1.54, 1.807) is 0 Å². The van der Waals surface area contributed by atoms with E-state index in [-0.39, 0.29) is 17.7 Å². The highest BCUT2D eigenvalue weighted by molar-refractivity contribution is 5.85. The number of nitrogens with zero attached hydrogens (tertiary/aromatic N) is 2. The maximum absolute atomic E-state index is 13.0. The Labute approximate surface area is 139 Å². The lowest BCUT2D eigenvalue weighted by Crippen LogP contribution is -2.53. The van der Waals surface area contributed by atoms with Crippen molar-refractivity contribution in [1.29, 1.82) is 0 Å². The van der Waals surface area contributed by atoms with Crippen LogP contribution >= 0.6 is 0 Å². The second-order valence-corrected chi connectivity index (χ2v) is 6.72. The fraction of sp³-hybridized carbons (Fsp3) is 0.882. The van der Waals surface area contributed by atoms with Crippen molar-refractivity contribution in [3.05, 3.63) is 0 Å². The van der Waals surface area contributed by atoms with E-state index >= 15 is 0 Å². The molecule has 0 aliphatic carbocycles. The standard InChI is InChI=1S/C17H31N3O3/c1-3-17(4-2,13-18)16(22)20-7-5-6-14(12-20)15(21)19-8-10-23-11-9-19/h14H,3-13,18H2,1-2H3. The average Bonchev–Trinajstić information content (AvgIpc) is 2.63. The molecular weight excluding hydrogens is 294 g/mol. The smallest absolute Gasteiger partial charge is 0.230 e. The SMILES string of the molecule is CCC(CC)(CN)C(=O)N1CCCC(C(=O)N2CCOCC2)C1. The molecule has 2 rings (SSSR count). The normalized spacial score (nSPS) is 23.0. The van der Waals surface area contributed by atoms with Gasteiger partial charge in [0.05, 0.1) is 24.5 Å². The predicted molar refractivity (Wildman–Crippen MR) is 88.8 cm³/mol. The van der Waals surface area contributed by atoms with Gasteiger partial charge in [0.2, 0.25) is 11.8 Å². The summed E-state index contributed by atoms with van der Waals surface area (Å²) in [7, 11) is 0. The second-order valence-electron chi connectivity index (χ2n) is 6.72. The molecule has 2 fully saturated rings. The molecule has 0 aromatic heterocycles. The fourth-order valence-corrected chi connectivity index (χ4v) is 3.67. The Morgan fingerprint density at radius 2 is 1.78 bits per heavy atom. The molecule has 0 bridgehead atoms. The van der Waals surface area contributed by atoms with Crippen molar-refractivity contribution in [2.45, 2.75) is 39.5 Å². The van der Waals surface area contributed by atoms with E-state index in [9.17, 15) is 9.59 Å². The van der Waals surface area contributed by atoms with E-state index in [4.69, 9.17) is 10.5 Å². The third kappa shape index (κ3) is 3.86. The quantitative estimate of drug-likeness (QED) is 0.813. The number of piperidine rings is 1. The minimum atomic E-state index is -0.468. The highest BCUT2D eigenvalue weighted by atomic mass is 16.5. The molecule has 0 aromatic rings. The first-order chi connectivity index (χ1) is 11.1. The number of carbonyl (C=O) groups is 2. The third-order valence-electron chi connectivity index (χ3n) is 5.58. The number of rotatable bonds is 5. The van der Waals surface area contributed by atoms with Gasteiger partial charge in [-0.05, 0) is 25.7 Å². The van der Waals surface area contributed by atoms with Crippen LogP contribution < -0.4 is 5.73 Å². The van der Waals surface area contributed by atoms with E-state index in [0.29, 0.717) is 39.4 Å². The first kappa shape index (κ1) is 18.2. The Bertz CT molecular complexity index is 409. The van der Waals surface area contributed by atoms with Crippen LogP contribution in [0.1, 0.15) is 39.5 Å². The summed E-state index contributed by atoms with van der Waals surface area (Å²) in [5.74, 6) is 0.233. The molecule has 0 spiro atoms. The largest absolute Gasteiger partial charge is 0.378 e. The first-order valence-corrected chi connectivity index (χ1v) is 8.94. The molecule has 6 nitrogen and oxygen atoms in total. The summed E-state index contributed by atoms with van der Waals surface area (Å²) in [5, 5.41) is 0. The Morgan fingerprint density at radius 1 is 1.13 bits per heavy atom. The van der Waals surface area contributed by atoms with Gasteiger partial charge < -0.3 is 20.3 Å². The molecule has 2 amide bonds. The van der Waals surface area contributed by atoms with Crippen LogP contribution in [0.5, 0.6) is 0 Å². The zero-order valence-electron chi connectivity index (χ0n) is 14.6. The molecular formula is C17H31N3O3. The number of nitrogens with two attached hydrogens (primary N) is 1. The zero-order chi connectivity index (χ0) is 16.9. The Morgan fingerprint density at radius 3 is 2.35 bits per heavy atom. The molecule has 2 aliphatic rings. The van der Waals surface area contributed by atoms with Crippen LogP contribution in [-0.4, -0.2) is 67.6 Å². The maximum atomic E-state index is 13.0. The predicted octanol–water partition coefficient (Wildman–Crippen LogP) is 0.849. The number of likely N-dealkylation sites (tertiary alicyclic amines) is 1. The molecule has 0 aromatic carbocycles. The summed E-state index contributed by atoms with van der Waals surface area (Å²) in [6, 6.07) is 0. The van der Waals surface area contributed by atoms with Crippen LogP contribution in [-0.2, 0) is 14.3 Å². The first-order valence-electron chi connectivity index (χ1n) is 8.94. The van der Waals surface area contributed by atoms with Crippen molar-refractivity contribution in [2.75, 3.05) is 45.9 Å². The molecule has 2 aliphatic heterocycles. The monoisotopic (exact) mass is 325 g/mol. The minimum absolute atomic E-state index is 0.0741. The lowest BCUT2D eigenvalue weighted by atomic mass is 9.80. The number of hydrogen-bond acceptors (Lipinski definition) is 4. The number of carbonyl (C=O) groups excluding carboxylic acids is 2. The van der Waals surface area contributed by atoms with Crippen molar-refractivity contribution < 1.29 is 14.3 Å². The van der Waals surface area contributed by atoms with Crippen molar-refractivity contribution >= 4 is 11.8 Å². The molecule has 132 valence electrons. The van der Waals surface area contributed by atoms with E-state index in [0.717, 1.165) is 32.2 Å². The van der Waals surface area contributed by atoms with Gasteiger partial charge in [-0.15, -0.1) is 0 Å². The number of hydrogen-bond donors (Lipinski definition) is 1. The van der Waals surface area contributed by atoms with E-state index < -0.39 is 5.41 Å². The minimum Gasteiger partial charge on any atom is -0.378 e. The fourth-order valence-electron chi connectivity index (χ4n) is 3.67. The van der Waals surface area contributed by atoms with Crippen LogP contribution in [0, 0.1) is 11.3 Å². The van der Waals surface area contributed by atoms with Crippen LogP contribution in [0.3, 0.4) is 0 Å². The van der Waals surface area contributed by atoms with E-state index in [1.165, 1.54) is 0 Å². The second kappa shape index (κ2) is 8.11. The molecule has 1 unspecified atom stereocenters. The molecule has 2 saturated heterocycles. The van der Waals surface area contributed by atoms with Crippen molar-refractivity contribution in [1.82, 2.24) is 9.80 Å². The molecule has 0 saturated carbocycles. The number of morpholine rings is 1. The molecule has 0 radical (unpaired) electrons. The van der Waals surface area contributed by atoms with Crippen LogP contribution in [0.15, 0.2) is 0 Å². The summed E-state index contributed by atoms with van der Waals surface area (Å²) >= 11 is 0. The number of amides is 2. The van der Waals surface area contributed by atoms with Gasteiger partial charge in [-0.3, -0.25) is 9.59 Å². The van der Waals surface area contributed by atoms with Crippen molar-refractivity contribution in [3.8, 4) is 0 Å². The van der Waals surface area contributed by atoms with Crippen LogP contribution in [0.2, 0.25) is 0 Å². The Kier molecular flexibility index (Phi) is 6.41. The molecule has 6 heteroatoms. The van der Waals surface area contributed by atoms with Gasteiger partial charge >= 0.3 is 0 Å². The molecule has 1 atom stereocenters.